The van der Waals surface area contributed by atoms with Gasteiger partial charge in [0.05, 0.1) is 5.92 Å². The SMILES string of the molecule is CC(C)C1CCN(C(=O)N2CCC[C@H](C(=O)O)C2)C1. The first kappa shape index (κ1) is 14.2. The van der Waals surface area contributed by atoms with Crippen molar-refractivity contribution in [2.45, 2.75) is 33.1 Å². The molecule has 0 spiro atoms. The van der Waals surface area contributed by atoms with Crippen LogP contribution in [-0.4, -0.2) is 53.1 Å². The summed E-state index contributed by atoms with van der Waals surface area (Å²) in [7, 11) is 0. The van der Waals surface area contributed by atoms with Crippen molar-refractivity contribution >= 4 is 12.0 Å². The summed E-state index contributed by atoms with van der Waals surface area (Å²) in [5.41, 5.74) is 0. The van der Waals surface area contributed by atoms with Crippen LogP contribution in [0.1, 0.15) is 33.1 Å². The molecular weight excluding hydrogens is 244 g/mol. The number of nitrogens with zero attached hydrogens (tertiary/aromatic N) is 2. The minimum absolute atomic E-state index is 0.0362. The average molecular weight is 268 g/mol. The van der Waals surface area contributed by atoms with Crippen LogP contribution in [0.3, 0.4) is 0 Å². The summed E-state index contributed by atoms with van der Waals surface area (Å²) in [6.45, 7) is 7.10. The quantitative estimate of drug-likeness (QED) is 0.832. The van der Waals surface area contributed by atoms with E-state index < -0.39 is 5.97 Å². The van der Waals surface area contributed by atoms with Crippen molar-refractivity contribution in [1.82, 2.24) is 9.80 Å². The maximum absolute atomic E-state index is 12.4. The summed E-state index contributed by atoms with van der Waals surface area (Å²) in [4.78, 5) is 27.1. The number of hydrogen-bond donors (Lipinski definition) is 1. The molecule has 2 atom stereocenters. The Morgan fingerprint density at radius 1 is 1.11 bits per heavy atom. The van der Waals surface area contributed by atoms with E-state index in [9.17, 15) is 9.59 Å². The molecule has 0 radical (unpaired) electrons. The van der Waals surface area contributed by atoms with E-state index in [-0.39, 0.29) is 11.9 Å². The number of hydrogen-bond acceptors (Lipinski definition) is 2. The molecule has 0 bridgehead atoms. The van der Waals surface area contributed by atoms with Crippen LogP contribution in [0.15, 0.2) is 0 Å². The van der Waals surface area contributed by atoms with Crippen LogP contribution in [0.5, 0.6) is 0 Å². The first-order chi connectivity index (χ1) is 8.99. The molecule has 2 saturated heterocycles. The molecule has 2 aliphatic heterocycles. The van der Waals surface area contributed by atoms with E-state index in [0.717, 1.165) is 25.9 Å². The number of amides is 2. The number of likely N-dealkylation sites (tertiary alicyclic amines) is 2. The van der Waals surface area contributed by atoms with Crippen LogP contribution in [0, 0.1) is 17.8 Å². The van der Waals surface area contributed by atoms with Gasteiger partial charge in [0.25, 0.3) is 0 Å². The number of carbonyl (C=O) groups excluding carboxylic acids is 1. The van der Waals surface area contributed by atoms with Gasteiger partial charge in [-0.15, -0.1) is 0 Å². The molecule has 5 heteroatoms. The molecule has 2 amide bonds. The Hall–Kier alpha value is -1.26. The minimum Gasteiger partial charge on any atom is -0.481 e. The van der Waals surface area contributed by atoms with E-state index in [1.54, 1.807) is 4.90 Å². The number of rotatable bonds is 2. The van der Waals surface area contributed by atoms with Crippen molar-refractivity contribution in [2.75, 3.05) is 26.2 Å². The van der Waals surface area contributed by atoms with E-state index in [4.69, 9.17) is 5.11 Å². The lowest BCUT2D eigenvalue weighted by Crippen LogP contribution is -2.48. The molecular formula is C14H24N2O3. The van der Waals surface area contributed by atoms with Gasteiger partial charge in [0.2, 0.25) is 0 Å². The Kier molecular flexibility index (Phi) is 4.32. The maximum atomic E-state index is 12.4. The second kappa shape index (κ2) is 5.80. The van der Waals surface area contributed by atoms with Crippen molar-refractivity contribution in [3.8, 4) is 0 Å². The smallest absolute Gasteiger partial charge is 0.320 e. The zero-order valence-electron chi connectivity index (χ0n) is 11.8. The highest BCUT2D eigenvalue weighted by Gasteiger charge is 2.34. The molecule has 108 valence electrons. The van der Waals surface area contributed by atoms with Crippen molar-refractivity contribution < 1.29 is 14.7 Å². The Morgan fingerprint density at radius 2 is 1.79 bits per heavy atom. The van der Waals surface area contributed by atoms with Gasteiger partial charge in [-0.1, -0.05) is 13.8 Å². The topological polar surface area (TPSA) is 60.9 Å². The lowest BCUT2D eigenvalue weighted by Gasteiger charge is -2.33. The zero-order valence-corrected chi connectivity index (χ0v) is 11.8. The lowest BCUT2D eigenvalue weighted by atomic mass is 9.95. The van der Waals surface area contributed by atoms with Crippen LogP contribution in [-0.2, 0) is 4.79 Å². The largest absolute Gasteiger partial charge is 0.481 e. The maximum Gasteiger partial charge on any atom is 0.320 e. The number of carboxylic acids is 1. The molecule has 2 fully saturated rings. The van der Waals surface area contributed by atoms with Gasteiger partial charge in [0, 0.05) is 26.2 Å². The second-order valence-corrected chi connectivity index (χ2v) is 6.14. The molecule has 0 aromatic heterocycles. The highest BCUT2D eigenvalue weighted by molar-refractivity contribution is 5.77. The summed E-state index contributed by atoms with van der Waals surface area (Å²) in [5.74, 6) is 0.0233. The standard InChI is InChI=1S/C14H24N2O3/c1-10(2)11-5-7-16(8-11)14(19)15-6-3-4-12(9-15)13(17)18/h10-12H,3-9H2,1-2H3,(H,17,18)/t11?,12-/m0/s1. The lowest BCUT2D eigenvalue weighted by molar-refractivity contribution is -0.143. The molecule has 2 heterocycles. The van der Waals surface area contributed by atoms with Crippen molar-refractivity contribution in [2.24, 2.45) is 17.8 Å². The fourth-order valence-corrected chi connectivity index (χ4v) is 3.06. The molecule has 1 unspecified atom stereocenters. The predicted octanol–water partition coefficient (Wildman–Crippen LogP) is 1.88. The van der Waals surface area contributed by atoms with E-state index >= 15 is 0 Å². The van der Waals surface area contributed by atoms with E-state index in [2.05, 4.69) is 13.8 Å². The summed E-state index contributed by atoms with van der Waals surface area (Å²) >= 11 is 0. The average Bonchev–Trinajstić information content (AvgIpc) is 2.87. The molecule has 0 aromatic carbocycles. The summed E-state index contributed by atoms with van der Waals surface area (Å²) in [6.07, 6.45) is 2.55. The molecule has 0 aromatic rings. The Balaban J connectivity index is 1.91. The third-order valence-electron chi connectivity index (χ3n) is 4.48. The van der Waals surface area contributed by atoms with Crippen LogP contribution in [0.2, 0.25) is 0 Å². The van der Waals surface area contributed by atoms with E-state index in [1.807, 2.05) is 4.90 Å². The highest BCUT2D eigenvalue weighted by atomic mass is 16.4. The van der Waals surface area contributed by atoms with E-state index in [1.165, 1.54) is 0 Å². The van der Waals surface area contributed by atoms with Crippen LogP contribution in [0.25, 0.3) is 0 Å². The number of aliphatic carboxylic acids is 1. The predicted molar refractivity (Wildman–Crippen MR) is 71.8 cm³/mol. The van der Waals surface area contributed by atoms with Gasteiger partial charge in [-0.2, -0.15) is 0 Å². The summed E-state index contributed by atoms with van der Waals surface area (Å²) in [6, 6.07) is 0.0362. The molecule has 2 aliphatic rings. The Morgan fingerprint density at radius 3 is 2.37 bits per heavy atom. The van der Waals surface area contributed by atoms with Crippen molar-refractivity contribution in [1.29, 1.82) is 0 Å². The van der Waals surface area contributed by atoms with Crippen molar-refractivity contribution in [3.63, 3.8) is 0 Å². The molecule has 2 rings (SSSR count). The number of piperidine rings is 1. The third kappa shape index (κ3) is 3.19. The third-order valence-corrected chi connectivity index (χ3v) is 4.48. The van der Waals surface area contributed by atoms with Gasteiger partial charge in [-0.25, -0.2) is 4.79 Å². The first-order valence-electron chi connectivity index (χ1n) is 7.25. The summed E-state index contributed by atoms with van der Waals surface area (Å²) < 4.78 is 0. The van der Waals surface area contributed by atoms with Gasteiger partial charge in [0.15, 0.2) is 0 Å². The zero-order chi connectivity index (χ0) is 14.0. The minimum atomic E-state index is -0.779. The fraction of sp³-hybridized carbons (Fsp3) is 0.857. The number of urea groups is 1. The first-order valence-corrected chi connectivity index (χ1v) is 7.25. The molecule has 0 aliphatic carbocycles. The molecule has 1 N–H and O–H groups in total. The van der Waals surface area contributed by atoms with Gasteiger partial charge >= 0.3 is 12.0 Å². The van der Waals surface area contributed by atoms with Crippen LogP contribution >= 0.6 is 0 Å². The molecule has 19 heavy (non-hydrogen) atoms. The highest BCUT2D eigenvalue weighted by Crippen LogP contribution is 2.26. The molecule has 0 saturated carbocycles. The number of carbonyl (C=O) groups is 2. The molecule has 5 nitrogen and oxygen atoms in total. The normalized spacial score (nSPS) is 27.9. The van der Waals surface area contributed by atoms with Crippen LogP contribution in [0.4, 0.5) is 4.79 Å². The Labute approximate surface area is 114 Å². The second-order valence-electron chi connectivity index (χ2n) is 6.14. The van der Waals surface area contributed by atoms with Gasteiger partial charge in [-0.3, -0.25) is 4.79 Å². The number of carboxylic acid groups (broad SMARTS) is 1. The van der Waals surface area contributed by atoms with Gasteiger partial charge in [0.1, 0.15) is 0 Å². The van der Waals surface area contributed by atoms with Crippen LogP contribution < -0.4 is 0 Å². The monoisotopic (exact) mass is 268 g/mol. The van der Waals surface area contributed by atoms with E-state index in [0.29, 0.717) is 31.3 Å². The Bertz CT molecular complexity index is 357. The summed E-state index contributed by atoms with van der Waals surface area (Å²) in [5, 5.41) is 9.07. The fourth-order valence-electron chi connectivity index (χ4n) is 3.06. The van der Waals surface area contributed by atoms with Crippen molar-refractivity contribution in [3.05, 3.63) is 0 Å². The van der Waals surface area contributed by atoms with Gasteiger partial charge in [-0.05, 0) is 31.1 Å². The van der Waals surface area contributed by atoms with Gasteiger partial charge < -0.3 is 14.9 Å².